The quantitative estimate of drug-likeness (QED) is 0.785. The summed E-state index contributed by atoms with van der Waals surface area (Å²) in [5.74, 6) is 0.115. The minimum absolute atomic E-state index is 0.00682. The van der Waals surface area contributed by atoms with E-state index in [1.54, 1.807) is 4.90 Å². The van der Waals surface area contributed by atoms with Crippen molar-refractivity contribution in [3.05, 3.63) is 58.1 Å². The van der Waals surface area contributed by atoms with Crippen molar-refractivity contribution in [2.45, 2.75) is 19.9 Å². The SMILES string of the molecule is Cc1csc(N2CCN(Cc3ccc(C(=O)C4=CC4)cc3)C2=O)n1. The highest BCUT2D eigenvalue weighted by molar-refractivity contribution is 7.14. The molecule has 5 nitrogen and oxygen atoms in total. The summed E-state index contributed by atoms with van der Waals surface area (Å²) in [6.45, 7) is 3.83. The zero-order valence-electron chi connectivity index (χ0n) is 13.4. The third kappa shape index (κ3) is 2.85. The van der Waals surface area contributed by atoms with Crippen LogP contribution < -0.4 is 4.90 Å². The van der Waals surface area contributed by atoms with Crippen molar-refractivity contribution in [2.24, 2.45) is 0 Å². The topological polar surface area (TPSA) is 53.5 Å². The highest BCUT2D eigenvalue weighted by Crippen LogP contribution is 2.26. The highest BCUT2D eigenvalue weighted by Gasteiger charge is 2.31. The lowest BCUT2D eigenvalue weighted by Gasteiger charge is -2.17. The average molecular weight is 339 g/mol. The number of benzene rings is 1. The van der Waals surface area contributed by atoms with Gasteiger partial charge in [0.05, 0.1) is 5.69 Å². The molecule has 1 saturated heterocycles. The second kappa shape index (κ2) is 5.87. The fourth-order valence-electron chi connectivity index (χ4n) is 2.78. The van der Waals surface area contributed by atoms with Crippen molar-refractivity contribution in [3.8, 4) is 0 Å². The van der Waals surface area contributed by atoms with E-state index in [4.69, 9.17) is 0 Å². The summed E-state index contributed by atoms with van der Waals surface area (Å²) in [6.07, 6.45) is 2.75. The predicted octanol–water partition coefficient (Wildman–Crippen LogP) is 3.41. The van der Waals surface area contributed by atoms with Crippen LogP contribution in [0.2, 0.25) is 0 Å². The smallest absolute Gasteiger partial charge is 0.318 e. The average Bonchev–Trinajstić information content (AvgIpc) is 3.26. The monoisotopic (exact) mass is 339 g/mol. The van der Waals surface area contributed by atoms with Gasteiger partial charge in [0.15, 0.2) is 10.9 Å². The van der Waals surface area contributed by atoms with Gasteiger partial charge in [0.25, 0.3) is 0 Å². The molecule has 0 spiro atoms. The van der Waals surface area contributed by atoms with E-state index in [-0.39, 0.29) is 11.8 Å². The Morgan fingerprint density at radius 1 is 1.25 bits per heavy atom. The predicted molar refractivity (Wildman–Crippen MR) is 93.5 cm³/mol. The molecule has 0 unspecified atom stereocenters. The molecule has 2 aromatic rings. The van der Waals surface area contributed by atoms with Gasteiger partial charge in [-0.05, 0) is 18.9 Å². The molecule has 4 rings (SSSR count). The zero-order valence-corrected chi connectivity index (χ0v) is 14.2. The van der Waals surface area contributed by atoms with Crippen LogP contribution in [0.1, 0.15) is 28.0 Å². The first kappa shape index (κ1) is 15.1. The standard InChI is InChI=1S/C18H17N3O2S/c1-12-11-24-17(19-12)21-9-8-20(18(21)23)10-13-2-4-14(5-3-13)16(22)15-6-7-15/h2-6,11H,7-10H2,1H3. The van der Waals surface area contributed by atoms with Crippen molar-refractivity contribution >= 4 is 28.3 Å². The van der Waals surface area contributed by atoms with E-state index in [9.17, 15) is 9.59 Å². The lowest BCUT2D eigenvalue weighted by molar-refractivity contribution is 0.103. The number of aryl methyl sites for hydroxylation is 1. The Kier molecular flexibility index (Phi) is 3.69. The third-order valence-electron chi connectivity index (χ3n) is 4.22. The molecule has 6 heteroatoms. The van der Waals surface area contributed by atoms with Gasteiger partial charge in [0.1, 0.15) is 0 Å². The van der Waals surface area contributed by atoms with Crippen LogP contribution in [-0.4, -0.2) is 34.8 Å². The maximum atomic E-state index is 12.5. The summed E-state index contributed by atoms with van der Waals surface area (Å²) in [4.78, 5) is 32.5. The molecule has 1 fully saturated rings. The third-order valence-corrected chi connectivity index (χ3v) is 5.20. The fourth-order valence-corrected chi connectivity index (χ4v) is 3.60. The van der Waals surface area contributed by atoms with Gasteiger partial charge in [-0.1, -0.05) is 30.3 Å². The number of nitrogens with zero attached hydrogens (tertiary/aromatic N) is 3. The van der Waals surface area contributed by atoms with Gasteiger partial charge in [-0.3, -0.25) is 9.69 Å². The van der Waals surface area contributed by atoms with Crippen LogP contribution in [0.15, 0.2) is 41.3 Å². The maximum Gasteiger partial charge on any atom is 0.326 e. The van der Waals surface area contributed by atoms with E-state index >= 15 is 0 Å². The first-order chi connectivity index (χ1) is 11.6. The number of rotatable bonds is 5. The lowest BCUT2D eigenvalue weighted by Crippen LogP contribution is -2.31. The number of allylic oxidation sites excluding steroid dienone is 2. The molecule has 1 aliphatic carbocycles. The molecule has 0 atom stereocenters. The second-order valence-electron chi connectivity index (χ2n) is 6.09. The Balaban J connectivity index is 1.43. The van der Waals surface area contributed by atoms with E-state index in [1.807, 2.05) is 47.5 Å². The normalized spacial score (nSPS) is 16.5. The summed E-state index contributed by atoms with van der Waals surface area (Å²) in [5, 5.41) is 2.72. The molecule has 1 aliphatic heterocycles. The van der Waals surface area contributed by atoms with Gasteiger partial charge in [-0.15, -0.1) is 11.3 Å². The van der Waals surface area contributed by atoms with Gasteiger partial charge in [-0.25, -0.2) is 9.78 Å². The highest BCUT2D eigenvalue weighted by atomic mass is 32.1. The molecule has 1 aromatic heterocycles. The number of urea groups is 1. The molecular formula is C18H17N3O2S. The Hall–Kier alpha value is -2.47. The minimum atomic E-state index is -0.00682. The number of carbonyl (C=O) groups excluding carboxylic acids is 2. The number of anilines is 1. The summed E-state index contributed by atoms with van der Waals surface area (Å²) in [6, 6.07) is 7.55. The fraction of sp³-hybridized carbons (Fsp3) is 0.278. The molecule has 122 valence electrons. The van der Waals surface area contributed by atoms with Crippen LogP contribution in [0, 0.1) is 6.92 Å². The van der Waals surface area contributed by atoms with E-state index < -0.39 is 0 Å². The van der Waals surface area contributed by atoms with Crippen LogP contribution in [0.4, 0.5) is 9.93 Å². The van der Waals surface area contributed by atoms with E-state index in [1.165, 1.54) is 11.3 Å². The molecule has 0 N–H and O–H groups in total. The number of thiazole rings is 1. The first-order valence-corrected chi connectivity index (χ1v) is 8.81. The number of ketones is 1. The van der Waals surface area contributed by atoms with Crippen LogP contribution in [0.3, 0.4) is 0 Å². The molecule has 2 heterocycles. The first-order valence-electron chi connectivity index (χ1n) is 7.93. The summed E-state index contributed by atoms with van der Waals surface area (Å²) >= 11 is 1.50. The van der Waals surface area contributed by atoms with Crippen molar-refractivity contribution in [2.75, 3.05) is 18.0 Å². The zero-order chi connectivity index (χ0) is 16.7. The van der Waals surface area contributed by atoms with Crippen LogP contribution in [0.25, 0.3) is 0 Å². The van der Waals surface area contributed by atoms with Crippen molar-refractivity contribution < 1.29 is 9.59 Å². The van der Waals surface area contributed by atoms with Crippen LogP contribution in [0.5, 0.6) is 0 Å². The Morgan fingerprint density at radius 2 is 2.00 bits per heavy atom. The molecule has 1 aromatic carbocycles. The molecule has 0 bridgehead atoms. The summed E-state index contributed by atoms with van der Waals surface area (Å²) in [5.41, 5.74) is 3.58. The maximum absolute atomic E-state index is 12.5. The second-order valence-corrected chi connectivity index (χ2v) is 6.92. The summed E-state index contributed by atoms with van der Waals surface area (Å²) in [7, 11) is 0. The number of amides is 2. The number of aromatic nitrogens is 1. The Morgan fingerprint density at radius 3 is 2.62 bits per heavy atom. The number of Topliss-reactive ketones (excluding diaryl/α,β-unsaturated/α-hetero) is 1. The lowest BCUT2D eigenvalue weighted by atomic mass is 10.1. The number of hydrogen-bond acceptors (Lipinski definition) is 4. The largest absolute Gasteiger partial charge is 0.326 e. The van der Waals surface area contributed by atoms with E-state index in [2.05, 4.69) is 4.98 Å². The van der Waals surface area contributed by atoms with Gasteiger partial charge in [-0.2, -0.15) is 0 Å². The van der Waals surface area contributed by atoms with Gasteiger partial charge >= 0.3 is 6.03 Å². The Bertz CT molecular complexity index is 838. The van der Waals surface area contributed by atoms with Crippen LogP contribution in [-0.2, 0) is 6.54 Å². The van der Waals surface area contributed by atoms with E-state index in [0.717, 1.165) is 33.9 Å². The van der Waals surface area contributed by atoms with Gasteiger partial charge < -0.3 is 4.90 Å². The molecule has 0 saturated carbocycles. The number of carbonyl (C=O) groups is 2. The number of hydrogen-bond donors (Lipinski definition) is 0. The summed E-state index contributed by atoms with van der Waals surface area (Å²) < 4.78 is 0. The molecule has 24 heavy (non-hydrogen) atoms. The minimum Gasteiger partial charge on any atom is -0.318 e. The molecule has 2 amide bonds. The molecule has 2 aliphatic rings. The molecular weight excluding hydrogens is 322 g/mol. The van der Waals surface area contributed by atoms with E-state index in [0.29, 0.717) is 19.6 Å². The van der Waals surface area contributed by atoms with Crippen molar-refractivity contribution in [1.82, 2.24) is 9.88 Å². The van der Waals surface area contributed by atoms with Crippen molar-refractivity contribution in [3.63, 3.8) is 0 Å². The van der Waals surface area contributed by atoms with Crippen LogP contribution >= 0.6 is 11.3 Å². The van der Waals surface area contributed by atoms with Gasteiger partial charge in [0, 0.05) is 36.2 Å². The van der Waals surface area contributed by atoms with Gasteiger partial charge in [0.2, 0.25) is 0 Å². The van der Waals surface area contributed by atoms with Crippen molar-refractivity contribution in [1.29, 1.82) is 0 Å². The molecule has 0 radical (unpaired) electrons. The Labute approximate surface area is 144 Å².